The van der Waals surface area contributed by atoms with Gasteiger partial charge in [-0.2, -0.15) is 0 Å². The zero-order valence-electron chi connectivity index (χ0n) is 11.0. The maximum Gasteiger partial charge on any atom is 0.261 e. The third-order valence-electron chi connectivity index (χ3n) is 2.78. The van der Waals surface area contributed by atoms with Gasteiger partial charge in [-0.05, 0) is 48.9 Å². The number of sulfonamides is 1. The van der Waals surface area contributed by atoms with Gasteiger partial charge in [0, 0.05) is 10.0 Å². The molecule has 0 heterocycles. The van der Waals surface area contributed by atoms with E-state index in [-0.39, 0.29) is 4.90 Å². The van der Waals surface area contributed by atoms with Gasteiger partial charge in [-0.1, -0.05) is 35.3 Å². The number of hydrogen-bond donors (Lipinski definition) is 2. The molecule has 0 bridgehead atoms. The SMILES string of the molecule is NCCc1ccc(S(=O)(=O)Nc2cc(Cl)cc(Cl)c2)cc1. The quantitative estimate of drug-likeness (QED) is 0.873. The minimum Gasteiger partial charge on any atom is -0.330 e. The van der Waals surface area contributed by atoms with Crippen LogP contribution in [0.15, 0.2) is 47.4 Å². The Labute approximate surface area is 133 Å². The number of nitrogens with one attached hydrogen (secondary N) is 1. The zero-order valence-corrected chi connectivity index (χ0v) is 13.3. The van der Waals surface area contributed by atoms with Crippen LogP contribution in [0.5, 0.6) is 0 Å². The van der Waals surface area contributed by atoms with E-state index in [1.165, 1.54) is 18.2 Å². The van der Waals surface area contributed by atoms with Gasteiger partial charge in [0.25, 0.3) is 10.0 Å². The molecule has 2 rings (SSSR count). The monoisotopic (exact) mass is 344 g/mol. The lowest BCUT2D eigenvalue weighted by molar-refractivity contribution is 0.601. The Bertz CT molecular complexity index is 711. The van der Waals surface area contributed by atoms with E-state index in [1.54, 1.807) is 24.3 Å². The first-order valence-electron chi connectivity index (χ1n) is 6.18. The van der Waals surface area contributed by atoms with Gasteiger partial charge in [-0.25, -0.2) is 8.42 Å². The molecule has 7 heteroatoms. The number of halogens is 2. The Morgan fingerprint density at radius 3 is 2.10 bits per heavy atom. The van der Waals surface area contributed by atoms with Gasteiger partial charge in [0.2, 0.25) is 0 Å². The summed E-state index contributed by atoms with van der Waals surface area (Å²) in [6.45, 7) is 0.519. The molecule has 0 saturated heterocycles. The molecule has 0 unspecified atom stereocenters. The maximum atomic E-state index is 12.3. The van der Waals surface area contributed by atoms with Gasteiger partial charge < -0.3 is 5.73 Å². The van der Waals surface area contributed by atoms with Gasteiger partial charge in [-0.15, -0.1) is 0 Å². The third-order valence-corrected chi connectivity index (χ3v) is 4.62. The number of anilines is 1. The second-order valence-corrected chi connectivity index (χ2v) is 7.00. The second kappa shape index (κ2) is 6.66. The van der Waals surface area contributed by atoms with E-state index in [0.717, 1.165) is 5.56 Å². The summed E-state index contributed by atoms with van der Waals surface area (Å²) in [5, 5.41) is 0.719. The van der Waals surface area contributed by atoms with Crippen molar-refractivity contribution in [1.82, 2.24) is 0 Å². The van der Waals surface area contributed by atoms with Crippen molar-refractivity contribution < 1.29 is 8.42 Å². The Morgan fingerprint density at radius 2 is 1.57 bits per heavy atom. The van der Waals surface area contributed by atoms with Crippen LogP contribution in [-0.2, 0) is 16.4 Å². The van der Waals surface area contributed by atoms with Crippen LogP contribution in [0.25, 0.3) is 0 Å². The molecule has 112 valence electrons. The van der Waals surface area contributed by atoms with Crippen LogP contribution >= 0.6 is 23.2 Å². The molecule has 0 aliphatic rings. The summed E-state index contributed by atoms with van der Waals surface area (Å²) in [5.74, 6) is 0. The first-order valence-corrected chi connectivity index (χ1v) is 8.42. The van der Waals surface area contributed by atoms with E-state index in [1.807, 2.05) is 0 Å². The summed E-state index contributed by atoms with van der Waals surface area (Å²) < 4.78 is 27.0. The van der Waals surface area contributed by atoms with Gasteiger partial charge >= 0.3 is 0 Å². The van der Waals surface area contributed by atoms with Gasteiger partial charge in [-0.3, -0.25) is 4.72 Å². The van der Waals surface area contributed by atoms with Crippen LogP contribution in [0.3, 0.4) is 0 Å². The summed E-state index contributed by atoms with van der Waals surface area (Å²) in [7, 11) is -3.68. The maximum absolute atomic E-state index is 12.3. The summed E-state index contributed by atoms with van der Waals surface area (Å²) >= 11 is 11.7. The Hall–Kier alpha value is -1.27. The van der Waals surface area contributed by atoms with Gasteiger partial charge in [0.05, 0.1) is 10.6 Å². The Balaban J connectivity index is 2.25. The van der Waals surface area contributed by atoms with E-state index >= 15 is 0 Å². The lowest BCUT2D eigenvalue weighted by atomic mass is 10.2. The molecular formula is C14H14Cl2N2O2S. The molecule has 2 aromatic rings. The van der Waals surface area contributed by atoms with Crippen molar-refractivity contribution in [3.63, 3.8) is 0 Å². The average Bonchev–Trinajstić information content (AvgIpc) is 2.38. The van der Waals surface area contributed by atoms with Crippen LogP contribution in [-0.4, -0.2) is 15.0 Å². The summed E-state index contributed by atoms with van der Waals surface area (Å²) in [6.07, 6.45) is 0.706. The molecule has 0 amide bonds. The molecule has 4 nitrogen and oxygen atoms in total. The normalized spacial score (nSPS) is 11.4. The molecule has 0 saturated carbocycles. The number of rotatable bonds is 5. The molecule has 0 atom stereocenters. The van der Waals surface area contributed by atoms with E-state index in [0.29, 0.717) is 28.7 Å². The Kier molecular flexibility index (Phi) is 5.11. The molecule has 0 spiro atoms. The smallest absolute Gasteiger partial charge is 0.261 e. The molecule has 0 aromatic heterocycles. The van der Waals surface area contributed by atoms with Crippen molar-refractivity contribution in [1.29, 1.82) is 0 Å². The highest BCUT2D eigenvalue weighted by molar-refractivity contribution is 7.92. The van der Waals surface area contributed by atoms with Gasteiger partial charge in [0.15, 0.2) is 0 Å². The number of hydrogen-bond acceptors (Lipinski definition) is 3. The van der Waals surface area contributed by atoms with E-state index in [4.69, 9.17) is 28.9 Å². The summed E-state index contributed by atoms with van der Waals surface area (Å²) in [6, 6.07) is 11.1. The van der Waals surface area contributed by atoms with Crippen LogP contribution < -0.4 is 10.5 Å². The molecule has 0 aliphatic heterocycles. The standard InChI is InChI=1S/C14H14Cl2N2O2S/c15-11-7-12(16)9-13(8-11)18-21(19,20)14-3-1-10(2-4-14)5-6-17/h1-4,7-9,18H,5-6,17H2. The minimum absolute atomic E-state index is 0.166. The van der Waals surface area contributed by atoms with Crippen LogP contribution in [0.4, 0.5) is 5.69 Å². The fourth-order valence-electron chi connectivity index (χ4n) is 1.83. The second-order valence-electron chi connectivity index (χ2n) is 4.45. The Morgan fingerprint density at radius 1 is 1.00 bits per heavy atom. The lowest BCUT2D eigenvalue weighted by Gasteiger charge is -2.09. The van der Waals surface area contributed by atoms with Gasteiger partial charge in [0.1, 0.15) is 0 Å². The molecule has 3 N–H and O–H groups in total. The van der Waals surface area contributed by atoms with Crippen molar-refractivity contribution in [2.75, 3.05) is 11.3 Å². The fraction of sp³-hybridized carbons (Fsp3) is 0.143. The van der Waals surface area contributed by atoms with Crippen molar-refractivity contribution in [3.8, 4) is 0 Å². The zero-order chi connectivity index (χ0) is 15.5. The molecular weight excluding hydrogens is 331 g/mol. The molecule has 0 fully saturated rings. The first-order chi connectivity index (χ1) is 9.90. The number of nitrogens with two attached hydrogens (primary N) is 1. The summed E-state index contributed by atoms with van der Waals surface area (Å²) in [5.41, 5.74) is 6.77. The fourth-order valence-corrected chi connectivity index (χ4v) is 3.40. The molecule has 0 aliphatic carbocycles. The highest BCUT2D eigenvalue weighted by Crippen LogP contribution is 2.24. The van der Waals surface area contributed by atoms with E-state index in [9.17, 15) is 8.42 Å². The van der Waals surface area contributed by atoms with Crippen molar-refractivity contribution in [3.05, 3.63) is 58.1 Å². The molecule has 2 aromatic carbocycles. The van der Waals surface area contributed by atoms with Crippen molar-refractivity contribution >= 4 is 38.9 Å². The molecule has 21 heavy (non-hydrogen) atoms. The lowest BCUT2D eigenvalue weighted by Crippen LogP contribution is -2.13. The highest BCUT2D eigenvalue weighted by Gasteiger charge is 2.14. The highest BCUT2D eigenvalue weighted by atomic mass is 35.5. The van der Waals surface area contributed by atoms with E-state index < -0.39 is 10.0 Å². The van der Waals surface area contributed by atoms with E-state index in [2.05, 4.69) is 4.72 Å². The topological polar surface area (TPSA) is 72.2 Å². The largest absolute Gasteiger partial charge is 0.330 e. The number of benzene rings is 2. The predicted molar refractivity (Wildman–Crippen MR) is 86.5 cm³/mol. The van der Waals surface area contributed by atoms with Crippen LogP contribution in [0.1, 0.15) is 5.56 Å². The summed E-state index contributed by atoms with van der Waals surface area (Å²) in [4.78, 5) is 0.166. The average molecular weight is 345 g/mol. The van der Waals surface area contributed by atoms with Crippen LogP contribution in [0.2, 0.25) is 10.0 Å². The minimum atomic E-state index is -3.68. The molecule has 0 radical (unpaired) electrons. The van der Waals surface area contributed by atoms with Crippen molar-refractivity contribution in [2.24, 2.45) is 5.73 Å². The third kappa shape index (κ3) is 4.35. The predicted octanol–water partition coefficient (Wildman–Crippen LogP) is 3.30. The first kappa shape index (κ1) is 16.1. The van der Waals surface area contributed by atoms with Crippen molar-refractivity contribution in [2.45, 2.75) is 11.3 Å². The van der Waals surface area contributed by atoms with Crippen LogP contribution in [0, 0.1) is 0 Å².